The molecule has 0 unspecified atom stereocenters. The van der Waals surface area contributed by atoms with E-state index in [-0.39, 0.29) is 12.8 Å². The first-order valence-electron chi connectivity index (χ1n) is 8.02. The number of nitrogens with one attached hydrogen (secondary N) is 1. The summed E-state index contributed by atoms with van der Waals surface area (Å²) in [4.78, 5) is 11.3. The van der Waals surface area contributed by atoms with E-state index in [2.05, 4.69) is 10.1 Å². The van der Waals surface area contributed by atoms with Crippen LogP contribution in [0, 0.1) is 0 Å². The minimum atomic E-state index is -3.68. The molecule has 8 nitrogen and oxygen atoms in total. The zero-order valence-corrected chi connectivity index (χ0v) is 16.2. The predicted molar refractivity (Wildman–Crippen MR) is 99.7 cm³/mol. The molecule has 0 aliphatic heterocycles. The molecular formula is C18H22NO7P. The summed E-state index contributed by atoms with van der Waals surface area (Å²) >= 11 is 0. The molecule has 0 aliphatic carbocycles. The Bertz CT molecular complexity index is 724. The van der Waals surface area contributed by atoms with Crippen molar-refractivity contribution in [2.24, 2.45) is 0 Å². The molecule has 0 radical (unpaired) electrons. The zero-order valence-electron chi connectivity index (χ0n) is 15.3. The van der Waals surface area contributed by atoms with Gasteiger partial charge in [-0.05, 0) is 48.5 Å². The van der Waals surface area contributed by atoms with E-state index < -0.39 is 13.6 Å². The number of rotatable bonds is 10. The lowest BCUT2D eigenvalue weighted by Crippen LogP contribution is -2.27. The van der Waals surface area contributed by atoms with Crippen LogP contribution >= 0.6 is 7.60 Å². The van der Waals surface area contributed by atoms with Crippen molar-refractivity contribution < 1.29 is 32.6 Å². The minimum absolute atomic E-state index is 0.127. The van der Waals surface area contributed by atoms with E-state index in [1.807, 2.05) is 0 Å². The molecule has 0 heterocycles. The van der Waals surface area contributed by atoms with Crippen LogP contribution in [0.15, 0.2) is 48.5 Å². The number of hydrogen-bond donors (Lipinski definition) is 1. The first-order valence-corrected chi connectivity index (χ1v) is 9.74. The van der Waals surface area contributed by atoms with E-state index >= 15 is 0 Å². The van der Waals surface area contributed by atoms with Crippen molar-refractivity contribution in [3.63, 3.8) is 0 Å². The van der Waals surface area contributed by atoms with Crippen LogP contribution in [0.4, 0.5) is 0 Å². The predicted octanol–water partition coefficient (Wildman–Crippen LogP) is 3.07. The molecule has 0 saturated carbocycles. The summed E-state index contributed by atoms with van der Waals surface area (Å²) in [5, 5.41) is 2.73. The Morgan fingerprint density at radius 2 is 1.22 bits per heavy atom. The fourth-order valence-electron chi connectivity index (χ4n) is 2.04. The molecule has 2 aromatic carbocycles. The molecule has 2 rings (SSSR count). The van der Waals surface area contributed by atoms with Crippen molar-refractivity contribution in [2.75, 3.05) is 34.2 Å². The molecule has 9 heteroatoms. The lowest BCUT2D eigenvalue weighted by atomic mass is 10.3. The van der Waals surface area contributed by atoms with Crippen molar-refractivity contribution in [3.05, 3.63) is 48.5 Å². The average molecular weight is 395 g/mol. The molecule has 0 bridgehead atoms. The molecule has 2 aromatic rings. The number of carbonyl (C=O) groups is 1. The van der Waals surface area contributed by atoms with E-state index in [1.165, 1.54) is 7.11 Å². The second-order valence-corrected chi connectivity index (χ2v) is 7.21. The summed E-state index contributed by atoms with van der Waals surface area (Å²) in [5.74, 6) is 1.46. The monoisotopic (exact) mass is 395 g/mol. The van der Waals surface area contributed by atoms with Gasteiger partial charge < -0.3 is 23.3 Å². The highest BCUT2D eigenvalue weighted by atomic mass is 31.2. The summed E-state index contributed by atoms with van der Waals surface area (Å²) in [6.45, 7) is -0.127. The maximum Gasteiger partial charge on any atom is 0.444 e. The quantitative estimate of drug-likeness (QED) is 0.485. The third-order valence-electron chi connectivity index (χ3n) is 3.41. The number of ether oxygens (including phenoxy) is 3. The normalized spacial score (nSPS) is 10.8. The second kappa shape index (κ2) is 9.85. The van der Waals surface area contributed by atoms with Crippen molar-refractivity contribution in [1.29, 1.82) is 0 Å². The van der Waals surface area contributed by atoms with Gasteiger partial charge >= 0.3 is 13.6 Å². The van der Waals surface area contributed by atoms with E-state index in [4.69, 9.17) is 18.5 Å². The van der Waals surface area contributed by atoms with E-state index in [0.717, 1.165) is 0 Å². The van der Waals surface area contributed by atoms with Crippen molar-refractivity contribution in [1.82, 2.24) is 5.32 Å². The van der Waals surface area contributed by atoms with Gasteiger partial charge in [-0.2, -0.15) is 0 Å². The lowest BCUT2D eigenvalue weighted by molar-refractivity contribution is -0.139. The summed E-state index contributed by atoms with van der Waals surface area (Å²) < 4.78 is 39.2. The largest absolute Gasteiger partial charge is 0.497 e. The summed E-state index contributed by atoms with van der Waals surface area (Å²) in [7, 11) is 0.683. The first kappa shape index (κ1) is 20.6. The fourth-order valence-corrected chi connectivity index (χ4v) is 3.48. The van der Waals surface area contributed by atoms with Crippen LogP contribution in [-0.4, -0.2) is 40.1 Å². The highest BCUT2D eigenvalue weighted by Gasteiger charge is 2.28. The number of methoxy groups -OCH3 is 3. The van der Waals surface area contributed by atoms with Crippen LogP contribution in [0.1, 0.15) is 0 Å². The SMILES string of the molecule is COC(=O)CNCP(=O)(Oc1ccc(OC)cc1)Oc1ccc(OC)cc1. The van der Waals surface area contributed by atoms with Crippen LogP contribution < -0.4 is 23.8 Å². The van der Waals surface area contributed by atoms with Crippen molar-refractivity contribution in [3.8, 4) is 23.0 Å². The third kappa shape index (κ3) is 6.51. The summed E-state index contributed by atoms with van der Waals surface area (Å²) in [5.41, 5.74) is 0. The Morgan fingerprint density at radius 1 is 0.815 bits per heavy atom. The highest BCUT2D eigenvalue weighted by Crippen LogP contribution is 2.47. The van der Waals surface area contributed by atoms with E-state index in [1.54, 1.807) is 62.8 Å². The van der Waals surface area contributed by atoms with Crippen LogP contribution in [0.25, 0.3) is 0 Å². The van der Waals surface area contributed by atoms with Gasteiger partial charge in [0.05, 0.1) is 27.9 Å². The summed E-state index contributed by atoms with van der Waals surface area (Å²) in [6.07, 6.45) is -0.194. The molecule has 0 aromatic heterocycles. The van der Waals surface area contributed by atoms with E-state index in [0.29, 0.717) is 23.0 Å². The average Bonchev–Trinajstić information content (AvgIpc) is 2.69. The molecule has 0 spiro atoms. The molecule has 0 saturated heterocycles. The first-order chi connectivity index (χ1) is 13.0. The molecule has 27 heavy (non-hydrogen) atoms. The van der Waals surface area contributed by atoms with Crippen LogP contribution in [0.5, 0.6) is 23.0 Å². The van der Waals surface area contributed by atoms with Gasteiger partial charge in [0.15, 0.2) is 0 Å². The molecule has 0 aliphatic rings. The Balaban J connectivity index is 2.14. The number of hydrogen-bond acceptors (Lipinski definition) is 8. The summed E-state index contributed by atoms with van der Waals surface area (Å²) in [6, 6.07) is 13.2. The topological polar surface area (TPSA) is 92.3 Å². The van der Waals surface area contributed by atoms with Gasteiger partial charge in [0.2, 0.25) is 0 Å². The Morgan fingerprint density at radius 3 is 1.59 bits per heavy atom. The Kier molecular flexibility index (Phi) is 7.52. The maximum absolute atomic E-state index is 13.2. The lowest BCUT2D eigenvalue weighted by Gasteiger charge is -2.20. The highest BCUT2D eigenvalue weighted by molar-refractivity contribution is 7.54. The fraction of sp³-hybridized carbons (Fsp3) is 0.278. The van der Waals surface area contributed by atoms with Crippen LogP contribution in [-0.2, 0) is 14.1 Å². The van der Waals surface area contributed by atoms with Crippen LogP contribution in [0.3, 0.4) is 0 Å². The molecule has 0 amide bonds. The number of carbonyl (C=O) groups excluding carboxylic acids is 1. The molecule has 0 fully saturated rings. The number of esters is 1. The van der Waals surface area contributed by atoms with Gasteiger partial charge in [-0.1, -0.05) is 0 Å². The molecular weight excluding hydrogens is 373 g/mol. The second-order valence-electron chi connectivity index (χ2n) is 5.31. The third-order valence-corrected chi connectivity index (χ3v) is 5.00. The zero-order chi connectivity index (χ0) is 19.7. The molecule has 1 N–H and O–H groups in total. The van der Waals surface area contributed by atoms with Gasteiger partial charge in [0.25, 0.3) is 0 Å². The minimum Gasteiger partial charge on any atom is -0.497 e. The van der Waals surface area contributed by atoms with Crippen LogP contribution in [0.2, 0.25) is 0 Å². The van der Waals surface area contributed by atoms with Crippen molar-refractivity contribution >= 4 is 13.6 Å². The molecule has 146 valence electrons. The Labute approximate surface area is 157 Å². The van der Waals surface area contributed by atoms with Gasteiger partial charge in [0, 0.05) is 0 Å². The van der Waals surface area contributed by atoms with Gasteiger partial charge in [-0.15, -0.1) is 0 Å². The standard InChI is InChI=1S/C18H22NO7P/c1-22-14-4-8-16(9-5-14)25-27(21,13-19-12-18(20)24-3)26-17-10-6-15(23-2)7-11-17/h4-11,19H,12-13H2,1-3H3. The smallest absolute Gasteiger partial charge is 0.444 e. The van der Waals surface area contributed by atoms with Crippen molar-refractivity contribution in [2.45, 2.75) is 0 Å². The van der Waals surface area contributed by atoms with Gasteiger partial charge in [-0.25, -0.2) is 4.57 Å². The Hall–Kier alpha value is -2.70. The van der Waals surface area contributed by atoms with Gasteiger partial charge in [-0.3, -0.25) is 10.1 Å². The molecule has 0 atom stereocenters. The van der Waals surface area contributed by atoms with E-state index in [9.17, 15) is 9.36 Å². The van der Waals surface area contributed by atoms with Gasteiger partial charge in [0.1, 0.15) is 29.3 Å². The maximum atomic E-state index is 13.2. The number of benzene rings is 2.